The zero-order valence-electron chi connectivity index (χ0n) is 20.7. The summed E-state index contributed by atoms with van der Waals surface area (Å²) in [7, 11) is 1.61. The number of benzene rings is 2. The van der Waals surface area contributed by atoms with Gasteiger partial charge in [0.25, 0.3) is 5.91 Å². The molecule has 0 aliphatic heterocycles. The van der Waals surface area contributed by atoms with Gasteiger partial charge < -0.3 is 10.2 Å². The second kappa shape index (κ2) is 11.1. The summed E-state index contributed by atoms with van der Waals surface area (Å²) in [4.78, 5) is 42.2. The van der Waals surface area contributed by atoms with E-state index in [4.69, 9.17) is 4.84 Å². The van der Waals surface area contributed by atoms with E-state index in [-0.39, 0.29) is 5.91 Å². The lowest BCUT2D eigenvalue weighted by Gasteiger charge is -2.10. The highest BCUT2D eigenvalue weighted by Crippen LogP contribution is 2.35. The Balaban J connectivity index is 1.58. The van der Waals surface area contributed by atoms with Gasteiger partial charge in [0.05, 0.1) is 22.5 Å². The Bertz CT molecular complexity index is 1650. The number of nitrogens with zero attached hydrogens (tertiary/aromatic N) is 4. The van der Waals surface area contributed by atoms with E-state index in [0.29, 0.717) is 22.3 Å². The van der Waals surface area contributed by atoms with Gasteiger partial charge in [0.15, 0.2) is 0 Å². The topological polar surface area (TPSA) is 99.0 Å². The number of fused-ring (bicyclic) bond motifs is 1. The summed E-state index contributed by atoms with van der Waals surface area (Å²) >= 11 is 1.45. The predicted octanol–water partition coefficient (Wildman–Crippen LogP) is 5.08. The number of pyridine rings is 2. The van der Waals surface area contributed by atoms with E-state index in [1.54, 1.807) is 37.6 Å². The molecule has 5 aromatic rings. The van der Waals surface area contributed by atoms with E-state index in [1.165, 1.54) is 22.8 Å². The minimum atomic E-state index is -0.580. The molecule has 0 saturated heterocycles. The van der Waals surface area contributed by atoms with Gasteiger partial charge in [-0.05, 0) is 73.2 Å². The molecule has 8 nitrogen and oxygen atoms in total. The lowest BCUT2D eigenvalue weighted by Crippen LogP contribution is -2.21. The van der Waals surface area contributed by atoms with Gasteiger partial charge in [-0.15, -0.1) is 5.10 Å². The molecule has 0 unspecified atom stereocenters. The molecule has 0 fully saturated rings. The van der Waals surface area contributed by atoms with Crippen molar-refractivity contribution in [2.75, 3.05) is 7.05 Å². The van der Waals surface area contributed by atoms with E-state index < -0.39 is 5.97 Å². The Labute approximate surface area is 223 Å². The number of aryl methyl sites for hydroxylation is 1. The second-order valence-electron chi connectivity index (χ2n) is 8.28. The molecule has 0 atom stereocenters. The molecule has 0 spiro atoms. The summed E-state index contributed by atoms with van der Waals surface area (Å²) in [6.45, 7) is 1.98. The van der Waals surface area contributed by atoms with Crippen LogP contribution in [0.3, 0.4) is 0 Å². The monoisotopic (exact) mass is 521 g/mol. The molecule has 9 heteroatoms. The number of aromatic nitrogens is 4. The Hall–Kier alpha value is -4.76. The zero-order valence-corrected chi connectivity index (χ0v) is 21.5. The molecule has 0 saturated carbocycles. The molecular formula is C29H23N5O3S. The fourth-order valence-electron chi connectivity index (χ4n) is 3.93. The van der Waals surface area contributed by atoms with Gasteiger partial charge in [-0.2, -0.15) is 0 Å². The third-order valence-corrected chi connectivity index (χ3v) is 6.75. The Morgan fingerprint density at radius 2 is 1.84 bits per heavy atom. The van der Waals surface area contributed by atoms with Crippen LogP contribution in [0.4, 0.5) is 0 Å². The Morgan fingerprint density at radius 3 is 2.61 bits per heavy atom. The van der Waals surface area contributed by atoms with Crippen LogP contribution in [0.1, 0.15) is 37.7 Å². The highest BCUT2D eigenvalue weighted by molar-refractivity contribution is 7.99. The lowest BCUT2D eigenvalue weighted by molar-refractivity contribution is 0.0418. The number of hydrogen-bond acceptors (Lipinski definition) is 7. The van der Waals surface area contributed by atoms with Gasteiger partial charge in [-0.25, -0.2) is 4.79 Å². The van der Waals surface area contributed by atoms with Crippen molar-refractivity contribution in [1.82, 2.24) is 25.2 Å². The summed E-state index contributed by atoms with van der Waals surface area (Å²) < 4.78 is 0. The first-order valence-electron chi connectivity index (χ1n) is 11.8. The first kappa shape index (κ1) is 24.9. The zero-order chi connectivity index (χ0) is 26.5. The van der Waals surface area contributed by atoms with Crippen molar-refractivity contribution in [1.29, 1.82) is 0 Å². The lowest BCUT2D eigenvalue weighted by atomic mass is 10.1. The molecule has 38 heavy (non-hydrogen) atoms. The van der Waals surface area contributed by atoms with Crippen molar-refractivity contribution in [2.45, 2.75) is 16.7 Å². The molecule has 1 N–H and O–H groups in total. The smallest absolute Gasteiger partial charge is 0.355 e. The maximum Gasteiger partial charge on any atom is 0.367 e. The fraction of sp³-hybridized carbons (Fsp3) is 0.0690. The van der Waals surface area contributed by atoms with E-state index in [9.17, 15) is 9.59 Å². The summed E-state index contributed by atoms with van der Waals surface area (Å²) in [5.74, 6) is -0.744. The SMILES string of the molecule is CNC(=O)c1ccccc1Sc1cc(C)c2c(/C=C/c3ccccn3)nn(OC(=O)c3cccnc3)c2c1. The highest BCUT2D eigenvalue weighted by atomic mass is 32.2. The molecule has 0 aliphatic rings. The van der Waals surface area contributed by atoms with E-state index >= 15 is 0 Å². The van der Waals surface area contributed by atoms with Crippen molar-refractivity contribution >= 4 is 46.7 Å². The highest BCUT2D eigenvalue weighted by Gasteiger charge is 2.18. The molecule has 3 heterocycles. The quantitative estimate of drug-likeness (QED) is 0.319. The van der Waals surface area contributed by atoms with Crippen molar-refractivity contribution in [3.05, 3.63) is 113 Å². The number of nitrogens with one attached hydrogen (secondary N) is 1. The number of carbonyl (C=O) groups is 2. The average molecular weight is 522 g/mol. The maximum atomic E-state index is 12.9. The number of carbonyl (C=O) groups excluding carboxylic acids is 2. The summed E-state index contributed by atoms with van der Waals surface area (Å²) in [6, 6.07) is 20.3. The van der Waals surface area contributed by atoms with Crippen LogP contribution in [0.25, 0.3) is 23.1 Å². The Morgan fingerprint density at radius 1 is 1.00 bits per heavy atom. The second-order valence-corrected chi connectivity index (χ2v) is 9.39. The largest absolute Gasteiger partial charge is 0.367 e. The van der Waals surface area contributed by atoms with Gasteiger partial charge in [0.1, 0.15) is 5.52 Å². The van der Waals surface area contributed by atoms with Crippen molar-refractivity contribution in [2.24, 2.45) is 0 Å². The van der Waals surface area contributed by atoms with Crippen LogP contribution in [0.15, 0.2) is 95.1 Å². The first-order valence-corrected chi connectivity index (χ1v) is 12.6. The van der Waals surface area contributed by atoms with Gasteiger partial charge in [-0.1, -0.05) is 34.8 Å². The van der Waals surface area contributed by atoms with E-state index in [0.717, 1.165) is 26.4 Å². The molecule has 0 aliphatic carbocycles. The predicted molar refractivity (Wildman–Crippen MR) is 147 cm³/mol. The van der Waals surface area contributed by atoms with Gasteiger partial charge in [-0.3, -0.25) is 14.8 Å². The van der Waals surface area contributed by atoms with Gasteiger partial charge in [0, 0.05) is 40.8 Å². The van der Waals surface area contributed by atoms with E-state index in [2.05, 4.69) is 20.4 Å². The van der Waals surface area contributed by atoms with Crippen LogP contribution in [0.2, 0.25) is 0 Å². The van der Waals surface area contributed by atoms with Crippen LogP contribution in [0.5, 0.6) is 0 Å². The standard InChI is InChI=1S/C29H23N5O3S/c1-19-16-22(38-26-11-4-3-10-23(26)28(35)30-2)17-25-27(19)24(13-12-21-9-5-6-15-32-21)33-34(25)37-29(36)20-8-7-14-31-18-20/h3-18H,1-2H3,(H,30,35)/b13-12+. The molecule has 0 radical (unpaired) electrons. The molecular weight excluding hydrogens is 498 g/mol. The van der Waals surface area contributed by atoms with E-state index in [1.807, 2.05) is 67.6 Å². The summed E-state index contributed by atoms with van der Waals surface area (Å²) in [5.41, 5.74) is 3.84. The van der Waals surface area contributed by atoms with Crippen molar-refractivity contribution in [3.63, 3.8) is 0 Å². The third kappa shape index (κ3) is 5.33. The minimum Gasteiger partial charge on any atom is -0.355 e. The molecule has 5 rings (SSSR count). The normalized spacial score (nSPS) is 11.1. The van der Waals surface area contributed by atoms with Crippen LogP contribution in [-0.4, -0.2) is 38.8 Å². The molecule has 2 aromatic carbocycles. The first-order chi connectivity index (χ1) is 18.5. The number of rotatable bonds is 7. The van der Waals surface area contributed by atoms with Crippen LogP contribution in [-0.2, 0) is 0 Å². The van der Waals surface area contributed by atoms with Crippen LogP contribution >= 0.6 is 11.8 Å². The minimum absolute atomic E-state index is 0.164. The van der Waals surface area contributed by atoms with Crippen molar-refractivity contribution < 1.29 is 14.4 Å². The van der Waals surface area contributed by atoms with Crippen LogP contribution < -0.4 is 10.2 Å². The third-order valence-electron chi connectivity index (χ3n) is 5.70. The number of amides is 1. The molecule has 0 bridgehead atoms. The molecule has 3 aromatic heterocycles. The van der Waals surface area contributed by atoms with Gasteiger partial charge in [0.2, 0.25) is 0 Å². The summed E-state index contributed by atoms with van der Waals surface area (Å²) in [6.07, 6.45) is 8.45. The molecule has 188 valence electrons. The maximum absolute atomic E-state index is 12.9. The molecule has 1 amide bonds. The fourth-order valence-corrected chi connectivity index (χ4v) is 5.00. The number of hydrogen-bond donors (Lipinski definition) is 1. The van der Waals surface area contributed by atoms with Gasteiger partial charge >= 0.3 is 5.97 Å². The van der Waals surface area contributed by atoms with Crippen molar-refractivity contribution in [3.8, 4) is 0 Å². The average Bonchev–Trinajstić information content (AvgIpc) is 3.30. The summed E-state index contributed by atoms with van der Waals surface area (Å²) in [5, 5.41) is 8.12. The Kier molecular flexibility index (Phi) is 7.28. The van der Waals surface area contributed by atoms with Crippen LogP contribution in [0, 0.1) is 6.92 Å².